The predicted octanol–water partition coefficient (Wildman–Crippen LogP) is 0.116. The first-order chi connectivity index (χ1) is 9.47. The molecular weight excluding hydrogens is 260 g/mol. The maximum atomic E-state index is 12.2. The summed E-state index contributed by atoms with van der Waals surface area (Å²) in [6, 6.07) is -0.595. The van der Waals surface area contributed by atoms with E-state index in [0.717, 1.165) is 0 Å². The Labute approximate surface area is 116 Å². The molecule has 1 aromatic rings. The van der Waals surface area contributed by atoms with Crippen LogP contribution in [0, 0.1) is 5.92 Å². The summed E-state index contributed by atoms with van der Waals surface area (Å²) in [5.74, 6) is -0.228. The van der Waals surface area contributed by atoms with Crippen LogP contribution in [0.4, 0.5) is 5.82 Å². The number of piperidine rings is 1. The molecule has 108 valence electrons. The molecule has 7 heteroatoms. The van der Waals surface area contributed by atoms with Crippen LogP contribution in [0.5, 0.6) is 0 Å². The number of hydrogen-bond donors (Lipinski definition) is 2. The summed E-state index contributed by atoms with van der Waals surface area (Å²) in [7, 11) is 0. The zero-order valence-corrected chi connectivity index (χ0v) is 11.5. The molecule has 0 bridgehead atoms. The largest absolute Gasteiger partial charge is 0.354 e. The van der Waals surface area contributed by atoms with Gasteiger partial charge in [0, 0.05) is 25.4 Å². The van der Waals surface area contributed by atoms with Gasteiger partial charge in [-0.15, -0.1) is 0 Å². The number of nitrogens with one attached hydrogen (secondary N) is 2. The number of carbonyl (C=O) groups excluding carboxylic acids is 2. The van der Waals surface area contributed by atoms with Gasteiger partial charge < -0.3 is 9.88 Å². The van der Waals surface area contributed by atoms with Crippen molar-refractivity contribution >= 4 is 17.6 Å². The SMILES string of the molecule is CC(C)Cn1ccnc(NC2CCC(=O)NC2=O)c1=O. The van der Waals surface area contributed by atoms with E-state index in [0.29, 0.717) is 18.9 Å². The number of carbonyl (C=O) groups is 2. The van der Waals surface area contributed by atoms with E-state index in [4.69, 9.17) is 0 Å². The maximum absolute atomic E-state index is 12.2. The number of rotatable bonds is 4. The highest BCUT2D eigenvalue weighted by Crippen LogP contribution is 2.09. The summed E-state index contributed by atoms with van der Waals surface area (Å²) in [6.45, 7) is 4.62. The molecule has 1 fully saturated rings. The fourth-order valence-corrected chi connectivity index (χ4v) is 2.08. The fraction of sp³-hybridized carbons (Fsp3) is 0.538. The van der Waals surface area contributed by atoms with Crippen LogP contribution in [0.3, 0.4) is 0 Å². The molecule has 7 nitrogen and oxygen atoms in total. The van der Waals surface area contributed by atoms with Gasteiger partial charge in [0.15, 0.2) is 5.82 Å². The zero-order chi connectivity index (χ0) is 14.7. The van der Waals surface area contributed by atoms with Crippen molar-refractivity contribution in [3.8, 4) is 0 Å². The molecule has 1 atom stereocenters. The summed E-state index contributed by atoms with van der Waals surface area (Å²) in [6.07, 6.45) is 3.78. The number of anilines is 1. The van der Waals surface area contributed by atoms with Crippen LogP contribution in [0.25, 0.3) is 0 Å². The molecule has 0 aromatic carbocycles. The fourth-order valence-electron chi connectivity index (χ4n) is 2.08. The Morgan fingerprint density at radius 3 is 2.85 bits per heavy atom. The molecule has 1 saturated heterocycles. The van der Waals surface area contributed by atoms with Gasteiger partial charge in [-0.25, -0.2) is 4.98 Å². The van der Waals surface area contributed by atoms with Crippen molar-refractivity contribution in [2.75, 3.05) is 5.32 Å². The van der Waals surface area contributed by atoms with Gasteiger partial charge in [-0.3, -0.25) is 19.7 Å². The van der Waals surface area contributed by atoms with E-state index in [-0.39, 0.29) is 23.7 Å². The van der Waals surface area contributed by atoms with E-state index in [1.54, 1.807) is 10.8 Å². The van der Waals surface area contributed by atoms with E-state index in [1.807, 2.05) is 13.8 Å². The first kappa shape index (κ1) is 14.2. The summed E-state index contributed by atoms with van der Waals surface area (Å²) in [4.78, 5) is 38.9. The van der Waals surface area contributed by atoms with Crippen LogP contribution in [0.1, 0.15) is 26.7 Å². The number of amides is 2. The summed E-state index contributed by atoms with van der Waals surface area (Å²) < 4.78 is 1.56. The first-order valence-corrected chi connectivity index (χ1v) is 6.63. The molecule has 2 N–H and O–H groups in total. The van der Waals surface area contributed by atoms with Crippen molar-refractivity contribution in [1.29, 1.82) is 0 Å². The Kier molecular flexibility index (Phi) is 4.16. The average molecular weight is 278 g/mol. The Balaban J connectivity index is 2.15. The number of imide groups is 1. The van der Waals surface area contributed by atoms with Crippen molar-refractivity contribution < 1.29 is 9.59 Å². The Bertz CT molecular complexity index is 579. The van der Waals surface area contributed by atoms with Gasteiger partial charge in [-0.2, -0.15) is 0 Å². The topological polar surface area (TPSA) is 93.1 Å². The average Bonchev–Trinajstić information content (AvgIpc) is 2.36. The smallest absolute Gasteiger partial charge is 0.293 e. The minimum atomic E-state index is -0.595. The molecule has 1 unspecified atom stereocenters. The van der Waals surface area contributed by atoms with E-state index >= 15 is 0 Å². The highest BCUT2D eigenvalue weighted by Gasteiger charge is 2.27. The molecule has 0 saturated carbocycles. The van der Waals surface area contributed by atoms with Gasteiger partial charge >= 0.3 is 0 Å². The van der Waals surface area contributed by atoms with Gasteiger partial charge in [0.05, 0.1) is 0 Å². The molecule has 0 spiro atoms. The van der Waals surface area contributed by atoms with Crippen molar-refractivity contribution in [1.82, 2.24) is 14.9 Å². The number of aromatic nitrogens is 2. The minimum absolute atomic E-state index is 0.141. The van der Waals surface area contributed by atoms with Gasteiger partial charge in [-0.1, -0.05) is 13.8 Å². The lowest BCUT2D eigenvalue weighted by atomic mass is 10.1. The lowest BCUT2D eigenvalue weighted by molar-refractivity contribution is -0.133. The third kappa shape index (κ3) is 3.23. The molecule has 1 aromatic heterocycles. The zero-order valence-electron chi connectivity index (χ0n) is 11.5. The van der Waals surface area contributed by atoms with Crippen molar-refractivity contribution in [2.24, 2.45) is 5.92 Å². The van der Waals surface area contributed by atoms with Crippen molar-refractivity contribution in [3.05, 3.63) is 22.7 Å². The van der Waals surface area contributed by atoms with Gasteiger partial charge in [-0.05, 0) is 12.3 Å². The lowest BCUT2D eigenvalue weighted by Gasteiger charge is -2.22. The Morgan fingerprint density at radius 1 is 1.45 bits per heavy atom. The molecule has 0 radical (unpaired) electrons. The normalized spacial score (nSPS) is 19.1. The molecular formula is C13H18N4O3. The lowest BCUT2D eigenvalue weighted by Crippen LogP contribution is -2.48. The van der Waals surface area contributed by atoms with Gasteiger partial charge in [0.25, 0.3) is 5.56 Å². The molecule has 2 heterocycles. The van der Waals surface area contributed by atoms with Crippen LogP contribution >= 0.6 is 0 Å². The Hall–Kier alpha value is -2.18. The molecule has 1 aliphatic rings. The van der Waals surface area contributed by atoms with Crippen LogP contribution in [0.15, 0.2) is 17.2 Å². The maximum Gasteiger partial charge on any atom is 0.293 e. The molecule has 2 amide bonds. The summed E-state index contributed by atoms with van der Waals surface area (Å²) in [5.41, 5.74) is -0.258. The van der Waals surface area contributed by atoms with Gasteiger partial charge in [0.1, 0.15) is 6.04 Å². The van der Waals surface area contributed by atoms with Crippen molar-refractivity contribution in [2.45, 2.75) is 39.3 Å². The number of nitrogens with zero attached hydrogens (tertiary/aromatic N) is 2. The van der Waals surface area contributed by atoms with Crippen LogP contribution in [0.2, 0.25) is 0 Å². The van der Waals surface area contributed by atoms with E-state index in [2.05, 4.69) is 15.6 Å². The molecule has 1 aliphatic heterocycles. The van der Waals surface area contributed by atoms with Crippen LogP contribution in [-0.2, 0) is 16.1 Å². The minimum Gasteiger partial charge on any atom is -0.354 e. The highest BCUT2D eigenvalue weighted by atomic mass is 16.2. The van der Waals surface area contributed by atoms with E-state index in [1.165, 1.54) is 6.20 Å². The monoisotopic (exact) mass is 278 g/mol. The standard InChI is InChI=1S/C13H18N4O3/c1-8(2)7-17-6-5-14-11(13(17)20)15-9-3-4-10(18)16-12(9)19/h5-6,8-9H,3-4,7H2,1-2H3,(H,14,15)(H,16,18,19). The first-order valence-electron chi connectivity index (χ1n) is 6.63. The second-order valence-electron chi connectivity index (χ2n) is 5.28. The summed E-state index contributed by atoms with van der Waals surface area (Å²) >= 11 is 0. The highest BCUT2D eigenvalue weighted by molar-refractivity contribution is 6.01. The molecule has 0 aliphatic carbocycles. The number of hydrogen-bond acceptors (Lipinski definition) is 5. The van der Waals surface area contributed by atoms with Gasteiger partial charge in [0.2, 0.25) is 11.8 Å². The molecule has 2 rings (SSSR count). The predicted molar refractivity (Wildman–Crippen MR) is 73.1 cm³/mol. The third-order valence-corrected chi connectivity index (χ3v) is 3.03. The second-order valence-corrected chi connectivity index (χ2v) is 5.28. The quantitative estimate of drug-likeness (QED) is 0.763. The van der Waals surface area contributed by atoms with E-state index in [9.17, 15) is 14.4 Å². The van der Waals surface area contributed by atoms with Crippen LogP contribution < -0.4 is 16.2 Å². The van der Waals surface area contributed by atoms with Crippen LogP contribution in [-0.4, -0.2) is 27.4 Å². The third-order valence-electron chi connectivity index (χ3n) is 3.03. The summed E-state index contributed by atoms with van der Waals surface area (Å²) in [5, 5.41) is 5.06. The van der Waals surface area contributed by atoms with E-state index < -0.39 is 11.9 Å². The second kappa shape index (κ2) is 5.85. The van der Waals surface area contributed by atoms with Crippen molar-refractivity contribution in [3.63, 3.8) is 0 Å². The molecule has 20 heavy (non-hydrogen) atoms. The Morgan fingerprint density at radius 2 is 2.20 bits per heavy atom.